The Morgan fingerprint density at radius 3 is 2.48 bits per heavy atom. The summed E-state index contributed by atoms with van der Waals surface area (Å²) in [4.78, 5) is 0. The van der Waals surface area contributed by atoms with Crippen molar-refractivity contribution in [2.75, 3.05) is 0 Å². The Hall–Kier alpha value is -1.53. The lowest BCUT2D eigenvalue weighted by Gasteiger charge is -2.48. The van der Waals surface area contributed by atoms with Gasteiger partial charge >= 0.3 is 0 Å². The molecule has 1 heterocycles. The van der Waals surface area contributed by atoms with E-state index in [9.17, 15) is 8.78 Å². The molecule has 1 aromatic heterocycles. The summed E-state index contributed by atoms with van der Waals surface area (Å²) in [5.41, 5.74) is 14.1. The zero-order valence-electron chi connectivity index (χ0n) is 12.1. The van der Waals surface area contributed by atoms with Gasteiger partial charge in [0.1, 0.15) is 5.76 Å². The molecule has 21 heavy (non-hydrogen) atoms. The molecule has 0 spiro atoms. The lowest BCUT2D eigenvalue weighted by molar-refractivity contribution is -0.126. The van der Waals surface area contributed by atoms with Gasteiger partial charge in [-0.25, -0.2) is 8.78 Å². The fourth-order valence-electron chi connectivity index (χ4n) is 3.22. The van der Waals surface area contributed by atoms with E-state index < -0.39 is 17.5 Å². The van der Waals surface area contributed by atoms with Crippen LogP contribution in [0.1, 0.15) is 29.9 Å². The Balaban J connectivity index is 1.86. The highest BCUT2D eigenvalue weighted by molar-refractivity contribution is 5.78. The fourth-order valence-corrected chi connectivity index (χ4v) is 3.22. The van der Waals surface area contributed by atoms with Gasteiger partial charge in [0.05, 0.1) is 11.2 Å². The maximum absolute atomic E-state index is 13.1. The summed E-state index contributed by atoms with van der Waals surface area (Å²) in [6.45, 7) is 3.68. The van der Waals surface area contributed by atoms with Crippen LogP contribution in [-0.2, 0) is 0 Å². The summed E-state index contributed by atoms with van der Waals surface area (Å²) >= 11 is 0. The lowest BCUT2D eigenvalue weighted by atomic mass is 9.64. The molecule has 1 fully saturated rings. The summed E-state index contributed by atoms with van der Waals surface area (Å²) in [5, 5.41) is 3.91. The highest BCUT2D eigenvalue weighted by atomic mass is 19.3. The number of aryl methyl sites for hydroxylation is 2. The van der Waals surface area contributed by atoms with E-state index in [2.05, 4.69) is 5.16 Å². The quantitative estimate of drug-likeness (QED) is 0.877. The molecule has 2 unspecified atom stereocenters. The predicted octanol–water partition coefficient (Wildman–Crippen LogP) is 2.31. The summed E-state index contributed by atoms with van der Waals surface area (Å²) < 4.78 is 31.3. The van der Waals surface area contributed by atoms with Gasteiger partial charge in [-0.3, -0.25) is 0 Å². The molecule has 0 saturated heterocycles. The summed E-state index contributed by atoms with van der Waals surface area (Å²) in [7, 11) is 0. The normalized spacial score (nSPS) is 31.9. The van der Waals surface area contributed by atoms with E-state index in [0.717, 1.165) is 16.8 Å². The standard InChI is InChI=1S/C15H19F2N3O/c1-8-13(9(2)21-20-8)10-3-4-15(19,12(18)5-10)11-6-14(16,17)7-11/h3-5,11-12H,6-7,18-19H2,1-2H3. The van der Waals surface area contributed by atoms with Crippen LogP contribution >= 0.6 is 0 Å². The van der Waals surface area contributed by atoms with E-state index in [4.69, 9.17) is 16.0 Å². The van der Waals surface area contributed by atoms with Crippen LogP contribution in [0.3, 0.4) is 0 Å². The van der Waals surface area contributed by atoms with Crippen molar-refractivity contribution in [2.24, 2.45) is 17.4 Å². The van der Waals surface area contributed by atoms with Crippen LogP contribution in [0.15, 0.2) is 22.8 Å². The predicted molar refractivity (Wildman–Crippen MR) is 75.7 cm³/mol. The molecule has 0 aliphatic heterocycles. The smallest absolute Gasteiger partial charge is 0.248 e. The SMILES string of the molecule is Cc1noc(C)c1C1=CC(N)C(N)(C2CC(F)(F)C2)C=C1. The Kier molecular flexibility index (Phi) is 3.07. The first kappa shape index (κ1) is 14.4. The molecule has 3 rings (SSSR count). The van der Waals surface area contributed by atoms with Crippen LogP contribution < -0.4 is 11.5 Å². The third kappa shape index (κ3) is 2.22. The molecule has 2 aliphatic rings. The van der Waals surface area contributed by atoms with Gasteiger partial charge in [-0.05, 0) is 25.3 Å². The molecule has 0 radical (unpaired) electrons. The summed E-state index contributed by atoms with van der Waals surface area (Å²) in [6, 6.07) is -0.507. The van der Waals surface area contributed by atoms with Crippen LogP contribution in [0, 0.1) is 19.8 Å². The van der Waals surface area contributed by atoms with Gasteiger partial charge in [0.15, 0.2) is 0 Å². The van der Waals surface area contributed by atoms with Crippen LogP contribution in [0.5, 0.6) is 0 Å². The maximum Gasteiger partial charge on any atom is 0.248 e. The monoisotopic (exact) mass is 295 g/mol. The zero-order valence-corrected chi connectivity index (χ0v) is 12.1. The third-order valence-corrected chi connectivity index (χ3v) is 4.61. The van der Waals surface area contributed by atoms with Crippen molar-refractivity contribution < 1.29 is 13.3 Å². The molecule has 2 atom stereocenters. The minimum absolute atomic E-state index is 0.198. The van der Waals surface area contributed by atoms with Crippen LogP contribution in [0.2, 0.25) is 0 Å². The molecular formula is C15H19F2N3O. The molecule has 1 saturated carbocycles. The Labute approximate surface area is 121 Å². The van der Waals surface area contributed by atoms with Crippen LogP contribution in [0.25, 0.3) is 5.57 Å². The minimum atomic E-state index is -2.60. The molecule has 0 amide bonds. The topological polar surface area (TPSA) is 78.1 Å². The first-order chi connectivity index (χ1) is 9.73. The van der Waals surface area contributed by atoms with Crippen molar-refractivity contribution in [1.29, 1.82) is 0 Å². The van der Waals surface area contributed by atoms with Gasteiger partial charge < -0.3 is 16.0 Å². The number of nitrogens with two attached hydrogens (primary N) is 2. The van der Waals surface area contributed by atoms with Crippen molar-refractivity contribution in [3.05, 3.63) is 35.2 Å². The van der Waals surface area contributed by atoms with Gasteiger partial charge in [0, 0.05) is 24.4 Å². The van der Waals surface area contributed by atoms with Crippen molar-refractivity contribution in [2.45, 2.75) is 44.2 Å². The second-order valence-corrected chi connectivity index (χ2v) is 6.14. The molecule has 114 valence electrons. The maximum atomic E-state index is 13.1. The van der Waals surface area contributed by atoms with E-state index in [-0.39, 0.29) is 18.8 Å². The zero-order chi connectivity index (χ0) is 15.4. The van der Waals surface area contributed by atoms with Crippen molar-refractivity contribution in [3.63, 3.8) is 0 Å². The Bertz CT molecular complexity index is 607. The number of alkyl halides is 2. The Morgan fingerprint density at radius 2 is 2.00 bits per heavy atom. The molecule has 2 aliphatic carbocycles. The third-order valence-electron chi connectivity index (χ3n) is 4.61. The van der Waals surface area contributed by atoms with Gasteiger partial charge in [-0.1, -0.05) is 23.4 Å². The number of hydrogen-bond acceptors (Lipinski definition) is 4. The highest BCUT2D eigenvalue weighted by Crippen LogP contribution is 2.49. The van der Waals surface area contributed by atoms with Crippen LogP contribution in [0.4, 0.5) is 8.78 Å². The first-order valence-electron chi connectivity index (χ1n) is 6.99. The molecular weight excluding hydrogens is 276 g/mol. The molecule has 4 nitrogen and oxygen atoms in total. The lowest BCUT2D eigenvalue weighted by Crippen LogP contribution is -2.63. The highest BCUT2D eigenvalue weighted by Gasteiger charge is 2.54. The molecule has 4 N–H and O–H groups in total. The van der Waals surface area contributed by atoms with E-state index in [1.807, 2.05) is 26.0 Å². The summed E-state index contributed by atoms with van der Waals surface area (Å²) in [5.74, 6) is -2.19. The van der Waals surface area contributed by atoms with Gasteiger partial charge in [0.25, 0.3) is 0 Å². The van der Waals surface area contributed by atoms with E-state index in [1.54, 1.807) is 6.08 Å². The van der Waals surface area contributed by atoms with Gasteiger partial charge in [-0.2, -0.15) is 0 Å². The average molecular weight is 295 g/mol. The fraction of sp³-hybridized carbons (Fsp3) is 0.533. The number of hydrogen-bond donors (Lipinski definition) is 2. The number of halogens is 2. The minimum Gasteiger partial charge on any atom is -0.361 e. The second-order valence-electron chi connectivity index (χ2n) is 6.14. The number of allylic oxidation sites excluding steroid dienone is 2. The van der Waals surface area contributed by atoms with Gasteiger partial charge in [0.2, 0.25) is 5.92 Å². The summed E-state index contributed by atoms with van der Waals surface area (Å²) in [6.07, 6.45) is 5.03. The second kappa shape index (κ2) is 4.48. The first-order valence-corrected chi connectivity index (χ1v) is 6.99. The van der Waals surface area contributed by atoms with Crippen LogP contribution in [-0.4, -0.2) is 22.7 Å². The average Bonchev–Trinajstić information content (AvgIpc) is 2.70. The molecule has 0 bridgehead atoms. The van der Waals surface area contributed by atoms with Crippen molar-refractivity contribution in [1.82, 2.24) is 5.16 Å². The molecule has 6 heteroatoms. The number of rotatable bonds is 2. The Morgan fingerprint density at radius 1 is 1.33 bits per heavy atom. The molecule has 1 aromatic rings. The van der Waals surface area contributed by atoms with Crippen molar-refractivity contribution in [3.8, 4) is 0 Å². The van der Waals surface area contributed by atoms with Gasteiger partial charge in [-0.15, -0.1) is 0 Å². The number of aromatic nitrogens is 1. The largest absolute Gasteiger partial charge is 0.361 e. The van der Waals surface area contributed by atoms with Crippen molar-refractivity contribution >= 4 is 5.57 Å². The van der Waals surface area contributed by atoms with E-state index in [0.29, 0.717) is 5.76 Å². The molecule has 0 aromatic carbocycles. The number of nitrogens with zero attached hydrogens (tertiary/aromatic N) is 1. The van der Waals surface area contributed by atoms with E-state index >= 15 is 0 Å². The van der Waals surface area contributed by atoms with E-state index in [1.165, 1.54) is 0 Å².